The van der Waals surface area contributed by atoms with Gasteiger partial charge in [0.1, 0.15) is 0 Å². The van der Waals surface area contributed by atoms with Crippen molar-refractivity contribution in [1.29, 1.82) is 0 Å². The van der Waals surface area contributed by atoms with Crippen molar-refractivity contribution in [2.45, 2.75) is 18.5 Å². The maximum Gasteiger partial charge on any atom is 0.416 e. The molecule has 1 aromatic carbocycles. The summed E-state index contributed by atoms with van der Waals surface area (Å²) >= 11 is 0. The minimum Gasteiger partial charge on any atom is -0.384 e. The molecule has 1 unspecified atom stereocenters. The largest absolute Gasteiger partial charge is 0.416 e. The average Bonchev–Trinajstić information content (AvgIpc) is 2.60. The van der Waals surface area contributed by atoms with Gasteiger partial charge in [-0.3, -0.25) is 0 Å². The number of alkyl halides is 3. The molecule has 1 heterocycles. The molecule has 0 spiro atoms. The fraction of sp³-hybridized carbons (Fsp3) is 0.455. The monoisotopic (exact) mass is 230 g/mol. The summed E-state index contributed by atoms with van der Waals surface area (Å²) in [5, 5.41) is 3.09. The molecule has 2 rings (SSSR count). The number of anilines is 1. The van der Waals surface area contributed by atoms with Crippen LogP contribution in [0.2, 0.25) is 0 Å². The lowest BCUT2D eigenvalue weighted by Gasteiger charge is -2.11. The second kappa shape index (κ2) is 3.97. The maximum absolute atomic E-state index is 12.5. The van der Waals surface area contributed by atoms with E-state index in [1.807, 2.05) is 0 Å². The number of hydrogen-bond acceptors (Lipinski definition) is 2. The molecule has 0 radical (unpaired) electrons. The molecular formula is C11H13F3N2. The number of halogens is 3. The Hall–Kier alpha value is -1.23. The second-order valence-electron chi connectivity index (χ2n) is 3.95. The summed E-state index contributed by atoms with van der Waals surface area (Å²) in [6, 6.07) is 3.83. The molecule has 0 amide bonds. The van der Waals surface area contributed by atoms with Crippen LogP contribution >= 0.6 is 0 Å². The Labute approximate surface area is 91.6 Å². The summed E-state index contributed by atoms with van der Waals surface area (Å²) in [5.74, 6) is 0.0994. The fourth-order valence-electron chi connectivity index (χ4n) is 2.04. The molecule has 16 heavy (non-hydrogen) atoms. The van der Waals surface area contributed by atoms with Crippen LogP contribution in [0.15, 0.2) is 18.2 Å². The molecule has 1 aliphatic rings. The Morgan fingerprint density at radius 1 is 1.38 bits per heavy atom. The van der Waals surface area contributed by atoms with Crippen LogP contribution in [0.1, 0.15) is 23.5 Å². The third-order valence-corrected chi connectivity index (χ3v) is 2.87. The summed E-state index contributed by atoms with van der Waals surface area (Å²) in [4.78, 5) is 0. The van der Waals surface area contributed by atoms with E-state index in [0.29, 0.717) is 19.5 Å². The van der Waals surface area contributed by atoms with Gasteiger partial charge in [0, 0.05) is 18.2 Å². The van der Waals surface area contributed by atoms with Crippen LogP contribution < -0.4 is 11.1 Å². The van der Waals surface area contributed by atoms with E-state index in [0.717, 1.165) is 17.3 Å². The maximum atomic E-state index is 12.5. The Kier molecular flexibility index (Phi) is 2.80. The topological polar surface area (TPSA) is 38.0 Å². The van der Waals surface area contributed by atoms with Gasteiger partial charge in [-0.1, -0.05) is 0 Å². The number of benzene rings is 1. The van der Waals surface area contributed by atoms with E-state index in [9.17, 15) is 13.2 Å². The van der Waals surface area contributed by atoms with Gasteiger partial charge in [-0.05, 0) is 36.7 Å². The summed E-state index contributed by atoms with van der Waals surface area (Å²) in [5.41, 5.74) is 6.39. The minimum absolute atomic E-state index is 0.0994. The third-order valence-electron chi connectivity index (χ3n) is 2.87. The number of nitrogens with two attached hydrogens (primary N) is 1. The van der Waals surface area contributed by atoms with Gasteiger partial charge in [-0.25, -0.2) is 0 Å². The SMILES string of the molecule is NCCC1CNc2ccc(C(F)(F)F)cc21. The molecule has 3 N–H and O–H groups in total. The predicted octanol–water partition coefficient (Wildman–Crippen LogP) is 2.56. The first-order valence-electron chi connectivity index (χ1n) is 5.17. The van der Waals surface area contributed by atoms with Gasteiger partial charge in [-0.15, -0.1) is 0 Å². The van der Waals surface area contributed by atoms with Crippen molar-refractivity contribution in [1.82, 2.24) is 0 Å². The third kappa shape index (κ3) is 2.00. The van der Waals surface area contributed by atoms with E-state index in [4.69, 9.17) is 5.73 Å². The van der Waals surface area contributed by atoms with Crippen molar-refractivity contribution >= 4 is 5.69 Å². The predicted molar refractivity (Wildman–Crippen MR) is 56.3 cm³/mol. The first-order chi connectivity index (χ1) is 7.52. The summed E-state index contributed by atoms with van der Waals surface area (Å²) < 4.78 is 37.6. The average molecular weight is 230 g/mol. The lowest BCUT2D eigenvalue weighted by atomic mass is 9.96. The number of nitrogens with one attached hydrogen (secondary N) is 1. The van der Waals surface area contributed by atoms with Crippen molar-refractivity contribution < 1.29 is 13.2 Å². The van der Waals surface area contributed by atoms with Crippen LogP contribution in [-0.2, 0) is 6.18 Å². The summed E-state index contributed by atoms with van der Waals surface area (Å²) in [7, 11) is 0. The minimum atomic E-state index is -4.27. The van der Waals surface area contributed by atoms with Gasteiger partial charge in [0.05, 0.1) is 5.56 Å². The standard InChI is InChI=1S/C11H13F3N2/c12-11(13,14)8-1-2-10-9(5-8)7(3-4-15)6-16-10/h1-2,5,7,16H,3-4,6,15H2. The number of hydrogen-bond donors (Lipinski definition) is 2. The molecule has 88 valence electrons. The normalized spacial score (nSPS) is 19.4. The molecule has 0 saturated heterocycles. The number of rotatable bonds is 2. The molecule has 0 aliphatic carbocycles. The van der Waals surface area contributed by atoms with Crippen LogP contribution in [0.25, 0.3) is 0 Å². The summed E-state index contributed by atoms with van der Waals surface area (Å²) in [6.07, 6.45) is -3.56. The highest BCUT2D eigenvalue weighted by Crippen LogP contribution is 2.38. The van der Waals surface area contributed by atoms with Gasteiger partial charge >= 0.3 is 6.18 Å². The van der Waals surface area contributed by atoms with Crippen molar-refractivity contribution in [2.24, 2.45) is 5.73 Å². The highest BCUT2D eigenvalue weighted by atomic mass is 19.4. The zero-order valence-electron chi connectivity index (χ0n) is 8.64. The second-order valence-corrected chi connectivity index (χ2v) is 3.95. The van der Waals surface area contributed by atoms with E-state index in [1.54, 1.807) is 0 Å². The van der Waals surface area contributed by atoms with E-state index in [-0.39, 0.29) is 5.92 Å². The van der Waals surface area contributed by atoms with E-state index >= 15 is 0 Å². The van der Waals surface area contributed by atoms with Crippen molar-refractivity contribution in [3.05, 3.63) is 29.3 Å². The van der Waals surface area contributed by atoms with Crippen LogP contribution in [0.4, 0.5) is 18.9 Å². The zero-order chi connectivity index (χ0) is 11.8. The van der Waals surface area contributed by atoms with E-state index in [2.05, 4.69) is 5.32 Å². The quantitative estimate of drug-likeness (QED) is 0.819. The first-order valence-corrected chi connectivity index (χ1v) is 5.17. The lowest BCUT2D eigenvalue weighted by molar-refractivity contribution is -0.137. The highest BCUT2D eigenvalue weighted by Gasteiger charge is 2.32. The zero-order valence-corrected chi connectivity index (χ0v) is 8.64. The van der Waals surface area contributed by atoms with Crippen LogP contribution in [0.3, 0.4) is 0 Å². The molecule has 0 saturated carbocycles. The van der Waals surface area contributed by atoms with Gasteiger partial charge in [0.2, 0.25) is 0 Å². The molecule has 2 nitrogen and oxygen atoms in total. The Bertz CT molecular complexity index is 385. The highest BCUT2D eigenvalue weighted by molar-refractivity contribution is 5.59. The molecule has 1 atom stereocenters. The van der Waals surface area contributed by atoms with Gasteiger partial charge < -0.3 is 11.1 Å². The van der Waals surface area contributed by atoms with Gasteiger partial charge in [0.15, 0.2) is 0 Å². The van der Waals surface area contributed by atoms with Crippen LogP contribution in [-0.4, -0.2) is 13.1 Å². The van der Waals surface area contributed by atoms with Gasteiger partial charge in [0.25, 0.3) is 0 Å². The Morgan fingerprint density at radius 3 is 2.75 bits per heavy atom. The molecule has 1 aliphatic heterocycles. The molecule has 1 aromatic rings. The Morgan fingerprint density at radius 2 is 2.12 bits per heavy atom. The molecule has 5 heteroatoms. The molecule has 0 aromatic heterocycles. The van der Waals surface area contributed by atoms with Crippen LogP contribution in [0, 0.1) is 0 Å². The van der Waals surface area contributed by atoms with E-state index < -0.39 is 11.7 Å². The number of fused-ring (bicyclic) bond motifs is 1. The molecule has 0 bridgehead atoms. The van der Waals surface area contributed by atoms with Crippen molar-refractivity contribution in [3.63, 3.8) is 0 Å². The smallest absolute Gasteiger partial charge is 0.384 e. The molecular weight excluding hydrogens is 217 g/mol. The Balaban J connectivity index is 2.34. The van der Waals surface area contributed by atoms with Crippen LogP contribution in [0.5, 0.6) is 0 Å². The van der Waals surface area contributed by atoms with Gasteiger partial charge in [-0.2, -0.15) is 13.2 Å². The van der Waals surface area contributed by atoms with Crippen molar-refractivity contribution in [2.75, 3.05) is 18.4 Å². The molecule has 0 fully saturated rings. The lowest BCUT2D eigenvalue weighted by Crippen LogP contribution is -2.10. The van der Waals surface area contributed by atoms with Crippen molar-refractivity contribution in [3.8, 4) is 0 Å². The fourth-order valence-corrected chi connectivity index (χ4v) is 2.04. The first kappa shape index (κ1) is 11.3. The summed E-state index contributed by atoms with van der Waals surface area (Å²) in [6.45, 7) is 1.16. The van der Waals surface area contributed by atoms with E-state index in [1.165, 1.54) is 12.1 Å².